The second kappa shape index (κ2) is 17.9. The number of fused-ring (bicyclic) bond motifs is 5. The number of rotatable bonds is 3. The van der Waals surface area contributed by atoms with Crippen LogP contribution in [0.4, 0.5) is 8.78 Å². The maximum atomic E-state index is 12.8. The van der Waals surface area contributed by atoms with Gasteiger partial charge in [0.25, 0.3) is 0 Å². The van der Waals surface area contributed by atoms with E-state index in [1.807, 2.05) is 0 Å². The van der Waals surface area contributed by atoms with Gasteiger partial charge in [-0.25, -0.2) is 11.6 Å². The fourth-order valence-corrected chi connectivity index (χ4v) is 9.34. The molecule has 0 N–H and O–H groups in total. The van der Waals surface area contributed by atoms with Crippen molar-refractivity contribution < 1.29 is 57.8 Å². The van der Waals surface area contributed by atoms with Gasteiger partial charge < -0.3 is 24.8 Å². The summed E-state index contributed by atoms with van der Waals surface area (Å²) in [6.07, 6.45) is 8.56. The molecule has 3 aliphatic rings. The summed E-state index contributed by atoms with van der Waals surface area (Å²) in [5.41, 5.74) is 20.1. The number of benzene rings is 4. The second-order valence-corrected chi connectivity index (χ2v) is 21.9. The molecule has 0 heterocycles. The van der Waals surface area contributed by atoms with Crippen LogP contribution in [0.25, 0.3) is 22.3 Å². The number of hydrogen-bond acceptors (Lipinski definition) is 0. The van der Waals surface area contributed by atoms with Crippen molar-refractivity contribution in [1.29, 1.82) is 0 Å². The molecule has 0 radical (unpaired) electrons. The predicted molar refractivity (Wildman–Crippen MR) is 240 cm³/mol. The van der Waals surface area contributed by atoms with Crippen molar-refractivity contribution in [1.82, 2.24) is 0 Å². The molecule has 5 aromatic carbocycles. The molecular formula is C55H62Cl2F2Zr-2. The smallest absolute Gasteiger partial charge is 1.00 e. The number of halogens is 4. The Labute approximate surface area is 387 Å². The van der Waals surface area contributed by atoms with Crippen LogP contribution in [0.3, 0.4) is 0 Å². The van der Waals surface area contributed by atoms with Crippen LogP contribution in [-0.2, 0) is 53.3 Å². The van der Waals surface area contributed by atoms with E-state index in [0.717, 1.165) is 27.2 Å². The average Bonchev–Trinajstić information content (AvgIpc) is 3.89. The summed E-state index contributed by atoms with van der Waals surface area (Å²) in [6, 6.07) is 29.5. The van der Waals surface area contributed by atoms with E-state index in [0.29, 0.717) is 5.41 Å². The van der Waals surface area contributed by atoms with Crippen molar-refractivity contribution in [3.05, 3.63) is 170 Å². The van der Waals surface area contributed by atoms with E-state index in [9.17, 15) is 8.78 Å². The van der Waals surface area contributed by atoms with E-state index in [-0.39, 0.29) is 58.1 Å². The Morgan fingerprint density at radius 1 is 0.650 bits per heavy atom. The Kier molecular flexibility index (Phi) is 14.8. The summed E-state index contributed by atoms with van der Waals surface area (Å²) in [4.78, 5) is 0. The molecule has 0 aliphatic heterocycles. The van der Waals surface area contributed by atoms with E-state index in [1.54, 1.807) is 24.3 Å². The van der Waals surface area contributed by atoms with E-state index in [2.05, 4.69) is 152 Å². The SMILES string of the molecule is CC(C)(C)C1=[C-]C(C)(C)c2cc3c(cc21)-c1cc2c(cc1C3)C(C)(C)C=C2C(C)(C)C.CCc1cc(C(C)(C)C)c[cH-]1.Fc1ccc([C](=[Zr+2])c2ccc(F)cc2)cc1.[Cl-].[Cl-]. The van der Waals surface area contributed by atoms with Gasteiger partial charge in [-0.1, -0.05) is 132 Å². The van der Waals surface area contributed by atoms with E-state index < -0.39 is 0 Å². The summed E-state index contributed by atoms with van der Waals surface area (Å²) < 4.78 is 26.6. The molecule has 5 aromatic rings. The van der Waals surface area contributed by atoms with Gasteiger partial charge in [-0.2, -0.15) is 28.8 Å². The van der Waals surface area contributed by atoms with Crippen LogP contribution in [0, 0.1) is 28.5 Å². The summed E-state index contributed by atoms with van der Waals surface area (Å²) in [5, 5.41) is 0. The molecule has 0 spiro atoms. The van der Waals surface area contributed by atoms with Gasteiger partial charge in [0, 0.05) is 5.41 Å². The van der Waals surface area contributed by atoms with Crippen molar-refractivity contribution >= 4 is 14.4 Å². The fourth-order valence-electron chi connectivity index (χ4n) is 8.52. The van der Waals surface area contributed by atoms with Crippen molar-refractivity contribution in [3.8, 4) is 11.1 Å². The Balaban J connectivity index is 0.000000229. The predicted octanol–water partition coefficient (Wildman–Crippen LogP) is 8.86. The third-order valence-corrected chi connectivity index (χ3v) is 13.4. The molecular weight excluding hydrogens is 861 g/mol. The Morgan fingerprint density at radius 2 is 1.13 bits per heavy atom. The summed E-state index contributed by atoms with van der Waals surface area (Å²) >= 11 is 1.22. The Hall–Kier alpha value is -3.10. The minimum atomic E-state index is -0.244. The zero-order valence-electron chi connectivity index (χ0n) is 38.2. The maximum Gasteiger partial charge on any atom is -1.00 e. The largest absolute Gasteiger partial charge is 1.00 e. The van der Waals surface area contributed by atoms with Crippen molar-refractivity contribution in [2.24, 2.45) is 10.8 Å². The van der Waals surface area contributed by atoms with Gasteiger partial charge in [0.05, 0.1) is 0 Å². The van der Waals surface area contributed by atoms with Gasteiger partial charge in [-0.05, 0) is 62.3 Å². The van der Waals surface area contributed by atoms with Crippen LogP contribution in [0.1, 0.15) is 153 Å². The number of hydrogen-bond donors (Lipinski definition) is 0. The van der Waals surface area contributed by atoms with Crippen LogP contribution in [0.5, 0.6) is 0 Å². The third kappa shape index (κ3) is 10.4. The molecule has 0 saturated carbocycles. The van der Waals surface area contributed by atoms with Gasteiger partial charge in [0.15, 0.2) is 0 Å². The molecule has 0 bridgehead atoms. The van der Waals surface area contributed by atoms with Crippen LogP contribution >= 0.6 is 0 Å². The minimum absolute atomic E-state index is 0. The van der Waals surface area contributed by atoms with Crippen LogP contribution in [0.15, 0.2) is 97.1 Å². The summed E-state index contributed by atoms with van der Waals surface area (Å²) in [6.45, 7) is 32.3. The number of allylic oxidation sites excluding steroid dienone is 4. The molecule has 0 aromatic heterocycles. The zero-order valence-corrected chi connectivity index (χ0v) is 42.1. The first-order chi connectivity index (χ1) is 26.8. The molecule has 8 rings (SSSR count). The molecule has 0 unspecified atom stereocenters. The third-order valence-electron chi connectivity index (χ3n) is 11.9. The molecule has 0 nitrogen and oxygen atoms in total. The molecule has 0 atom stereocenters. The second-order valence-electron chi connectivity index (χ2n) is 20.7. The first kappa shape index (κ1) is 49.6. The molecule has 60 heavy (non-hydrogen) atoms. The fraction of sp³-hybridized carbons (Fsp3) is 0.382. The van der Waals surface area contributed by atoms with Gasteiger partial charge in [-0.15, -0.1) is 11.6 Å². The van der Waals surface area contributed by atoms with Crippen LogP contribution in [0.2, 0.25) is 0 Å². The Bertz CT molecular complexity index is 2270. The quantitative estimate of drug-likeness (QED) is 0.156. The number of aryl methyl sites for hydroxylation is 1. The Morgan fingerprint density at radius 3 is 1.55 bits per heavy atom. The normalized spacial score (nSPS) is 15.3. The van der Waals surface area contributed by atoms with E-state index >= 15 is 0 Å². The zero-order chi connectivity index (χ0) is 42.7. The monoisotopic (exact) mass is 920 g/mol. The first-order valence-corrected chi connectivity index (χ1v) is 22.1. The van der Waals surface area contributed by atoms with E-state index in [4.69, 9.17) is 0 Å². The van der Waals surface area contributed by atoms with Gasteiger partial charge in [-0.3, -0.25) is 6.08 Å². The molecule has 0 amide bonds. The van der Waals surface area contributed by atoms with Crippen LogP contribution in [-0.4, -0.2) is 3.21 Å². The molecule has 0 fully saturated rings. The molecule has 5 heteroatoms. The summed E-state index contributed by atoms with van der Waals surface area (Å²) in [5.74, 6) is -0.488. The van der Waals surface area contributed by atoms with Crippen molar-refractivity contribution in [2.45, 2.75) is 126 Å². The topological polar surface area (TPSA) is 0 Å². The van der Waals surface area contributed by atoms with E-state index in [1.165, 1.54) is 115 Å². The van der Waals surface area contributed by atoms with Gasteiger partial charge in [0.2, 0.25) is 0 Å². The van der Waals surface area contributed by atoms with Crippen molar-refractivity contribution in [2.75, 3.05) is 0 Å². The van der Waals surface area contributed by atoms with Gasteiger partial charge >= 0.3 is 108 Å². The molecule has 3 aliphatic carbocycles. The van der Waals surface area contributed by atoms with Crippen LogP contribution < -0.4 is 24.8 Å². The standard InChI is InChI=1S/C31H37.C13H8F2.C11H17.2ClH.Zr/c1-28(2,3)26-16-30(7,8)24-12-18-11-19-13-25-23(15-21(19)20(18)14-22(24)26)27(29(4,5)6)17-31(25,9)10;14-12-5-1-10(2-6-12)9-11-3-7-13(15)8-4-11;1-5-9-6-7-10(8-9)11(2,3)4;;;/h12-16H,11H2,1-10H3;1-8H;6-8H,5H2,1-4H3;2*1H;/q-1;;-1;;;+2/p-2. The average molecular weight is 923 g/mol. The molecule has 316 valence electrons. The van der Waals surface area contributed by atoms with Gasteiger partial charge in [0.1, 0.15) is 0 Å². The summed E-state index contributed by atoms with van der Waals surface area (Å²) in [7, 11) is 0. The first-order valence-electron chi connectivity index (χ1n) is 20.9. The minimum Gasteiger partial charge on any atom is -1.00 e. The molecule has 0 saturated heterocycles. The van der Waals surface area contributed by atoms with Crippen molar-refractivity contribution in [3.63, 3.8) is 0 Å². The maximum absolute atomic E-state index is 12.8.